The molecule has 0 aromatic heterocycles. The lowest BCUT2D eigenvalue weighted by molar-refractivity contribution is 0.368. The molecule has 0 bridgehead atoms. The fourth-order valence-corrected chi connectivity index (χ4v) is 4.86. The number of anilines is 1. The van der Waals surface area contributed by atoms with Crippen LogP contribution in [0.4, 0.5) is 5.69 Å². The molecule has 3 atom stereocenters. The Bertz CT molecular complexity index is 516. The maximum absolute atomic E-state index is 3.94. The fourth-order valence-electron chi connectivity index (χ4n) is 4.86. The van der Waals surface area contributed by atoms with E-state index in [1.165, 1.54) is 44.2 Å². The molecule has 19 heavy (non-hydrogen) atoms. The third-order valence-electron chi connectivity index (χ3n) is 5.80. The predicted molar refractivity (Wildman–Crippen MR) is 80.2 cm³/mol. The molecule has 0 heterocycles. The monoisotopic (exact) mass is 253 g/mol. The van der Waals surface area contributed by atoms with E-state index in [-0.39, 0.29) is 0 Å². The lowest BCUT2D eigenvalue weighted by atomic mass is 9.83. The van der Waals surface area contributed by atoms with Crippen LogP contribution in [0.2, 0.25) is 0 Å². The van der Waals surface area contributed by atoms with Crippen molar-refractivity contribution in [2.75, 3.05) is 5.32 Å². The Morgan fingerprint density at radius 1 is 1.11 bits per heavy atom. The van der Waals surface area contributed by atoms with Crippen LogP contribution in [0, 0.1) is 11.8 Å². The Kier molecular flexibility index (Phi) is 2.51. The minimum Gasteiger partial charge on any atom is -0.376 e. The summed E-state index contributed by atoms with van der Waals surface area (Å²) in [5, 5.41) is 3.94. The summed E-state index contributed by atoms with van der Waals surface area (Å²) in [6.07, 6.45) is 8.31. The van der Waals surface area contributed by atoms with E-state index in [1.54, 1.807) is 5.57 Å². The Balaban J connectivity index is 1.73. The number of hydrogen-bond acceptors (Lipinski definition) is 1. The van der Waals surface area contributed by atoms with Crippen molar-refractivity contribution >= 4 is 5.69 Å². The molecule has 3 aliphatic rings. The van der Waals surface area contributed by atoms with E-state index in [0.717, 1.165) is 11.8 Å². The summed E-state index contributed by atoms with van der Waals surface area (Å²) in [5.74, 6) is 1.68. The molecule has 0 radical (unpaired) electrons. The van der Waals surface area contributed by atoms with E-state index >= 15 is 0 Å². The molecule has 0 saturated heterocycles. The van der Waals surface area contributed by atoms with Crippen LogP contribution >= 0.6 is 0 Å². The van der Waals surface area contributed by atoms with Crippen molar-refractivity contribution in [2.24, 2.45) is 11.8 Å². The third-order valence-corrected chi connectivity index (χ3v) is 5.80. The van der Waals surface area contributed by atoms with Crippen molar-refractivity contribution in [3.63, 3.8) is 0 Å². The summed E-state index contributed by atoms with van der Waals surface area (Å²) in [4.78, 5) is 0. The lowest BCUT2D eigenvalue weighted by Gasteiger charge is -2.35. The Morgan fingerprint density at radius 2 is 1.95 bits per heavy atom. The molecule has 1 N–H and O–H groups in total. The molecular formula is C18H23N. The minimum absolute atomic E-state index is 0.293. The number of para-hydroxylation sites is 1. The second-order valence-electron chi connectivity index (χ2n) is 6.70. The largest absolute Gasteiger partial charge is 0.376 e. The van der Waals surface area contributed by atoms with Crippen LogP contribution in [0.15, 0.2) is 41.5 Å². The number of rotatable bonds is 2. The van der Waals surface area contributed by atoms with E-state index in [4.69, 9.17) is 0 Å². The molecule has 1 heteroatoms. The molecule has 0 spiro atoms. The molecule has 100 valence electrons. The Hall–Kier alpha value is -1.24. The van der Waals surface area contributed by atoms with Gasteiger partial charge in [-0.05, 0) is 68.1 Å². The molecule has 1 aromatic rings. The molecule has 1 nitrogen and oxygen atoms in total. The van der Waals surface area contributed by atoms with Gasteiger partial charge in [0, 0.05) is 5.69 Å². The van der Waals surface area contributed by atoms with Gasteiger partial charge in [-0.15, -0.1) is 0 Å². The van der Waals surface area contributed by atoms with Gasteiger partial charge in [0.2, 0.25) is 0 Å². The first-order chi connectivity index (χ1) is 9.29. The SMILES string of the molecule is C[C@@H]1CCC2=C3CCC[C@@H]3C[C@]21Nc1ccccc1. The highest BCUT2D eigenvalue weighted by Crippen LogP contribution is 2.58. The second-order valence-corrected chi connectivity index (χ2v) is 6.70. The second kappa shape index (κ2) is 4.13. The average molecular weight is 253 g/mol. The van der Waals surface area contributed by atoms with Crippen molar-refractivity contribution in [3.05, 3.63) is 41.5 Å². The van der Waals surface area contributed by atoms with E-state index in [9.17, 15) is 0 Å². The van der Waals surface area contributed by atoms with Gasteiger partial charge in [0.15, 0.2) is 0 Å². The standard InChI is InChI=1S/C18H23N/c1-13-10-11-17-16-9-5-6-14(16)12-18(13,17)19-15-7-3-2-4-8-15/h2-4,7-8,13-14,19H,5-6,9-12H2,1H3/t13-,14-,18-/m1/s1. The lowest BCUT2D eigenvalue weighted by Crippen LogP contribution is -2.41. The summed E-state index contributed by atoms with van der Waals surface area (Å²) in [6, 6.07) is 10.8. The average Bonchev–Trinajstić information content (AvgIpc) is 3.04. The molecule has 4 rings (SSSR count). The van der Waals surface area contributed by atoms with E-state index < -0.39 is 0 Å². The Morgan fingerprint density at radius 3 is 2.79 bits per heavy atom. The van der Waals surface area contributed by atoms with Gasteiger partial charge in [-0.2, -0.15) is 0 Å². The minimum atomic E-state index is 0.293. The first-order valence-electron chi connectivity index (χ1n) is 7.85. The molecule has 1 aromatic carbocycles. The normalized spacial score (nSPS) is 36.5. The number of nitrogens with one attached hydrogen (secondary N) is 1. The van der Waals surface area contributed by atoms with Crippen molar-refractivity contribution in [1.29, 1.82) is 0 Å². The van der Waals surface area contributed by atoms with Gasteiger partial charge >= 0.3 is 0 Å². The highest BCUT2D eigenvalue weighted by atomic mass is 15.0. The van der Waals surface area contributed by atoms with Crippen molar-refractivity contribution < 1.29 is 0 Å². The van der Waals surface area contributed by atoms with Gasteiger partial charge in [0.1, 0.15) is 0 Å². The number of hydrogen-bond donors (Lipinski definition) is 1. The zero-order valence-corrected chi connectivity index (χ0v) is 11.8. The molecular weight excluding hydrogens is 230 g/mol. The number of fused-ring (bicyclic) bond motifs is 2. The van der Waals surface area contributed by atoms with Crippen LogP contribution < -0.4 is 5.32 Å². The summed E-state index contributed by atoms with van der Waals surface area (Å²) in [5.41, 5.74) is 5.23. The highest BCUT2D eigenvalue weighted by molar-refractivity contribution is 5.54. The summed E-state index contributed by atoms with van der Waals surface area (Å²) < 4.78 is 0. The first-order valence-corrected chi connectivity index (χ1v) is 7.85. The molecule has 0 unspecified atom stereocenters. The molecule has 0 aliphatic heterocycles. The van der Waals surface area contributed by atoms with Gasteiger partial charge in [-0.1, -0.05) is 30.7 Å². The zero-order chi connectivity index (χ0) is 12.9. The van der Waals surface area contributed by atoms with Crippen molar-refractivity contribution in [3.8, 4) is 0 Å². The summed E-state index contributed by atoms with van der Waals surface area (Å²) in [7, 11) is 0. The van der Waals surface area contributed by atoms with Crippen LogP contribution in [0.1, 0.15) is 45.4 Å². The predicted octanol–water partition coefficient (Wildman–Crippen LogP) is 4.77. The summed E-state index contributed by atoms with van der Waals surface area (Å²) in [6.45, 7) is 2.45. The van der Waals surface area contributed by atoms with E-state index in [0.29, 0.717) is 5.54 Å². The molecule has 2 saturated carbocycles. The fraction of sp³-hybridized carbons (Fsp3) is 0.556. The topological polar surface area (TPSA) is 12.0 Å². The Labute approximate surface area is 116 Å². The molecule has 3 aliphatic carbocycles. The number of benzene rings is 1. The van der Waals surface area contributed by atoms with Crippen LogP contribution in [0.5, 0.6) is 0 Å². The van der Waals surface area contributed by atoms with Gasteiger partial charge in [0.05, 0.1) is 5.54 Å². The quantitative estimate of drug-likeness (QED) is 0.749. The van der Waals surface area contributed by atoms with Crippen LogP contribution in [-0.4, -0.2) is 5.54 Å². The maximum atomic E-state index is 3.94. The highest BCUT2D eigenvalue weighted by Gasteiger charge is 2.52. The van der Waals surface area contributed by atoms with Crippen LogP contribution in [0.3, 0.4) is 0 Å². The van der Waals surface area contributed by atoms with Gasteiger partial charge < -0.3 is 5.32 Å². The zero-order valence-electron chi connectivity index (χ0n) is 11.8. The van der Waals surface area contributed by atoms with Crippen LogP contribution in [-0.2, 0) is 0 Å². The van der Waals surface area contributed by atoms with Crippen molar-refractivity contribution in [1.82, 2.24) is 0 Å². The first kappa shape index (κ1) is 11.6. The molecule has 0 amide bonds. The van der Waals surface area contributed by atoms with Crippen molar-refractivity contribution in [2.45, 2.75) is 51.0 Å². The van der Waals surface area contributed by atoms with Gasteiger partial charge in [-0.25, -0.2) is 0 Å². The van der Waals surface area contributed by atoms with Crippen LogP contribution in [0.25, 0.3) is 0 Å². The summed E-state index contributed by atoms with van der Waals surface area (Å²) >= 11 is 0. The maximum Gasteiger partial charge on any atom is 0.0619 e. The number of allylic oxidation sites excluding steroid dienone is 1. The van der Waals surface area contributed by atoms with Gasteiger partial charge in [-0.3, -0.25) is 0 Å². The van der Waals surface area contributed by atoms with Gasteiger partial charge in [0.25, 0.3) is 0 Å². The molecule has 2 fully saturated rings. The third kappa shape index (κ3) is 1.60. The van der Waals surface area contributed by atoms with E-state index in [1.807, 2.05) is 5.57 Å². The smallest absolute Gasteiger partial charge is 0.0619 e. The van der Waals surface area contributed by atoms with E-state index in [2.05, 4.69) is 42.6 Å².